The van der Waals surface area contributed by atoms with Gasteiger partial charge in [-0.1, -0.05) is 0 Å². The Bertz CT molecular complexity index is 634. The van der Waals surface area contributed by atoms with E-state index in [9.17, 15) is 14.4 Å². The van der Waals surface area contributed by atoms with Gasteiger partial charge >= 0.3 is 12.2 Å². The summed E-state index contributed by atoms with van der Waals surface area (Å²) in [5, 5.41) is 2.50. The van der Waals surface area contributed by atoms with Crippen LogP contribution in [0.3, 0.4) is 0 Å². The van der Waals surface area contributed by atoms with E-state index in [1.54, 1.807) is 26.0 Å². The Hall–Kier alpha value is -2.77. The number of methoxy groups -OCH3 is 1. The molecule has 25 heavy (non-hydrogen) atoms. The highest BCUT2D eigenvalue weighted by atomic mass is 16.5. The van der Waals surface area contributed by atoms with Crippen LogP contribution in [0, 0.1) is 0 Å². The standard InChI is InChI=1S/C16H21N3O6/c1-10(2)25-16(22)12(7-6-11(20)9-18-17)19-15(21)14(23-3)13-5-4-8-24-13/h4-5,8-10,12,14H,6-7H2,1-3H3,(H,19,21)/t12-,14+/m0/s1. The highest BCUT2D eigenvalue weighted by Crippen LogP contribution is 2.18. The number of hydrogen-bond donors (Lipinski definition) is 1. The van der Waals surface area contributed by atoms with Crippen LogP contribution in [0.5, 0.6) is 0 Å². The molecule has 9 nitrogen and oxygen atoms in total. The van der Waals surface area contributed by atoms with Gasteiger partial charge in [0, 0.05) is 13.5 Å². The van der Waals surface area contributed by atoms with Gasteiger partial charge in [0.25, 0.3) is 5.91 Å². The van der Waals surface area contributed by atoms with Crippen molar-refractivity contribution in [2.45, 2.75) is 44.9 Å². The summed E-state index contributed by atoms with van der Waals surface area (Å²) in [7, 11) is 1.33. The van der Waals surface area contributed by atoms with Crippen LogP contribution in [0.25, 0.3) is 5.53 Å². The van der Waals surface area contributed by atoms with Crippen LogP contribution in [0.2, 0.25) is 0 Å². The summed E-state index contributed by atoms with van der Waals surface area (Å²) in [6.07, 6.45) is 0.570. The monoisotopic (exact) mass is 351 g/mol. The molecule has 136 valence electrons. The average Bonchev–Trinajstić information content (AvgIpc) is 3.05. The van der Waals surface area contributed by atoms with Crippen LogP contribution < -0.4 is 5.32 Å². The van der Waals surface area contributed by atoms with Gasteiger partial charge in [0.1, 0.15) is 11.8 Å². The Morgan fingerprint density at radius 2 is 2.12 bits per heavy atom. The van der Waals surface area contributed by atoms with E-state index in [0.717, 1.165) is 6.21 Å². The number of hydrogen-bond acceptors (Lipinski definition) is 6. The molecule has 0 aromatic carbocycles. The molecule has 1 amide bonds. The summed E-state index contributed by atoms with van der Waals surface area (Å²) in [5.41, 5.74) is 8.35. The number of nitrogens with one attached hydrogen (secondary N) is 1. The number of Topliss-reactive ketones (excluding diaryl/α,β-unsaturated/α-hetero) is 1. The number of amides is 1. The van der Waals surface area contributed by atoms with Crippen LogP contribution in [0.4, 0.5) is 0 Å². The molecule has 1 aromatic rings. The van der Waals surface area contributed by atoms with Crippen molar-refractivity contribution in [3.05, 3.63) is 29.7 Å². The maximum Gasteiger partial charge on any atom is 0.328 e. The lowest BCUT2D eigenvalue weighted by molar-refractivity contribution is -0.153. The van der Waals surface area contributed by atoms with Crippen molar-refractivity contribution in [3.8, 4) is 0 Å². The number of carbonyl (C=O) groups excluding carboxylic acids is 3. The molecule has 1 rings (SSSR count). The van der Waals surface area contributed by atoms with Gasteiger partial charge in [-0.05, 0) is 32.4 Å². The van der Waals surface area contributed by atoms with E-state index in [4.69, 9.17) is 19.4 Å². The van der Waals surface area contributed by atoms with Crippen LogP contribution in [-0.2, 0) is 23.9 Å². The van der Waals surface area contributed by atoms with Crippen LogP contribution in [-0.4, -0.2) is 47.9 Å². The van der Waals surface area contributed by atoms with Crippen molar-refractivity contribution in [2.75, 3.05) is 7.11 Å². The number of nitrogens with zero attached hydrogens (tertiary/aromatic N) is 2. The molecule has 0 radical (unpaired) electrons. The highest BCUT2D eigenvalue weighted by Gasteiger charge is 2.29. The first-order valence-electron chi connectivity index (χ1n) is 7.66. The van der Waals surface area contributed by atoms with Gasteiger partial charge in [-0.25, -0.2) is 4.79 Å². The molecular formula is C16H21N3O6. The third-order valence-corrected chi connectivity index (χ3v) is 3.11. The minimum Gasteiger partial charge on any atom is -0.466 e. The third-order valence-electron chi connectivity index (χ3n) is 3.11. The van der Waals surface area contributed by atoms with Crippen molar-refractivity contribution < 1.29 is 33.1 Å². The van der Waals surface area contributed by atoms with Gasteiger partial charge in [0.15, 0.2) is 6.10 Å². The van der Waals surface area contributed by atoms with Crippen molar-refractivity contribution in [1.82, 2.24) is 5.32 Å². The second-order valence-corrected chi connectivity index (χ2v) is 5.43. The van der Waals surface area contributed by atoms with E-state index < -0.39 is 29.8 Å². The fourth-order valence-electron chi connectivity index (χ4n) is 2.02. The quantitative estimate of drug-likeness (QED) is 0.290. The molecule has 0 unspecified atom stereocenters. The number of esters is 1. The largest absolute Gasteiger partial charge is 0.466 e. The molecule has 1 N–H and O–H groups in total. The molecule has 1 heterocycles. The molecule has 0 spiro atoms. The zero-order valence-corrected chi connectivity index (χ0v) is 14.3. The van der Waals surface area contributed by atoms with Gasteiger partial charge in [-0.3, -0.25) is 9.59 Å². The number of ketones is 1. The van der Waals surface area contributed by atoms with Crippen LogP contribution in [0.15, 0.2) is 22.8 Å². The lowest BCUT2D eigenvalue weighted by atomic mass is 10.1. The smallest absolute Gasteiger partial charge is 0.328 e. The van der Waals surface area contributed by atoms with Gasteiger partial charge < -0.3 is 24.7 Å². The molecular weight excluding hydrogens is 330 g/mol. The maximum absolute atomic E-state index is 12.4. The predicted molar refractivity (Wildman–Crippen MR) is 85.5 cm³/mol. The predicted octanol–water partition coefficient (Wildman–Crippen LogP) is 1.05. The Kier molecular flexibility index (Phi) is 8.25. The van der Waals surface area contributed by atoms with Gasteiger partial charge in [-0.2, -0.15) is 4.79 Å². The lowest BCUT2D eigenvalue weighted by Crippen LogP contribution is -2.45. The number of furan rings is 1. The minimum absolute atomic E-state index is 0.0171. The number of ether oxygens (including phenoxy) is 2. The highest BCUT2D eigenvalue weighted by molar-refractivity contribution is 6.25. The van der Waals surface area contributed by atoms with E-state index in [2.05, 4.69) is 10.1 Å². The maximum atomic E-state index is 12.4. The molecule has 1 aromatic heterocycles. The second kappa shape index (κ2) is 10.2. The molecule has 0 aliphatic heterocycles. The molecule has 0 fully saturated rings. The SMILES string of the molecule is CO[C@@H](C(=O)N[C@@H](CCC(=O)C=[N+]=[N-])C(=O)OC(C)C)c1ccco1. The fourth-order valence-corrected chi connectivity index (χ4v) is 2.02. The first-order valence-corrected chi connectivity index (χ1v) is 7.66. The van der Waals surface area contributed by atoms with Crippen LogP contribution >= 0.6 is 0 Å². The number of rotatable bonds is 10. The Labute approximate surface area is 144 Å². The topological polar surface area (TPSA) is 131 Å². The van der Waals surface area contributed by atoms with Crippen molar-refractivity contribution >= 4 is 23.9 Å². The summed E-state index contributed by atoms with van der Waals surface area (Å²) in [6.45, 7) is 3.34. The first kappa shape index (κ1) is 20.3. The fraction of sp³-hybridized carbons (Fsp3) is 0.500. The van der Waals surface area contributed by atoms with Crippen molar-refractivity contribution in [3.63, 3.8) is 0 Å². The third kappa shape index (κ3) is 6.70. The first-order chi connectivity index (χ1) is 11.9. The van der Waals surface area contributed by atoms with Crippen molar-refractivity contribution in [1.29, 1.82) is 0 Å². The molecule has 9 heteroatoms. The molecule has 0 saturated heterocycles. The Balaban J connectivity index is 2.83. The summed E-state index contributed by atoms with van der Waals surface area (Å²) in [4.78, 5) is 38.6. The van der Waals surface area contributed by atoms with E-state index in [0.29, 0.717) is 0 Å². The summed E-state index contributed by atoms with van der Waals surface area (Å²) in [5.74, 6) is -1.49. The van der Waals surface area contributed by atoms with E-state index >= 15 is 0 Å². The van der Waals surface area contributed by atoms with E-state index in [1.807, 2.05) is 0 Å². The van der Waals surface area contributed by atoms with Crippen molar-refractivity contribution in [2.24, 2.45) is 0 Å². The molecule has 0 saturated carbocycles. The molecule has 0 aliphatic rings. The summed E-state index contributed by atoms with van der Waals surface area (Å²) < 4.78 is 15.3. The van der Waals surface area contributed by atoms with E-state index in [1.165, 1.54) is 13.4 Å². The average molecular weight is 351 g/mol. The van der Waals surface area contributed by atoms with Gasteiger partial charge in [0.2, 0.25) is 5.78 Å². The molecule has 0 aliphatic carbocycles. The normalized spacial score (nSPS) is 12.8. The van der Waals surface area contributed by atoms with E-state index in [-0.39, 0.29) is 24.7 Å². The minimum atomic E-state index is -1.06. The number of carbonyl (C=O) groups is 3. The van der Waals surface area contributed by atoms with Gasteiger partial charge in [-0.15, -0.1) is 0 Å². The Morgan fingerprint density at radius 3 is 2.64 bits per heavy atom. The van der Waals surface area contributed by atoms with Gasteiger partial charge in [0.05, 0.1) is 12.4 Å². The molecule has 0 bridgehead atoms. The second-order valence-electron chi connectivity index (χ2n) is 5.43. The zero-order chi connectivity index (χ0) is 18.8. The molecule has 2 atom stereocenters. The summed E-state index contributed by atoms with van der Waals surface area (Å²) in [6, 6.07) is 2.11. The Morgan fingerprint density at radius 1 is 1.40 bits per heavy atom. The lowest BCUT2D eigenvalue weighted by Gasteiger charge is -2.21. The summed E-state index contributed by atoms with van der Waals surface area (Å²) >= 11 is 0. The van der Waals surface area contributed by atoms with Crippen LogP contribution in [0.1, 0.15) is 38.6 Å². The zero-order valence-electron chi connectivity index (χ0n) is 14.3.